The molecule has 1 atom stereocenters. The minimum absolute atomic E-state index is 0.0517. The van der Waals surface area contributed by atoms with Crippen molar-refractivity contribution in [3.05, 3.63) is 23.8 Å². The Morgan fingerprint density at radius 1 is 1.35 bits per heavy atom. The lowest BCUT2D eigenvalue weighted by atomic mass is 10.1. The van der Waals surface area contributed by atoms with Crippen LogP contribution in [0.2, 0.25) is 0 Å². The molecule has 0 saturated heterocycles. The summed E-state index contributed by atoms with van der Waals surface area (Å²) in [6.07, 6.45) is 1.47. The minimum atomic E-state index is -0.189. The van der Waals surface area contributed by atoms with E-state index in [4.69, 9.17) is 9.47 Å². The minimum Gasteiger partial charge on any atom is -0.454 e. The van der Waals surface area contributed by atoms with E-state index in [1.54, 1.807) is 25.2 Å². The molecule has 1 N–H and O–H groups in total. The average Bonchev–Trinajstić information content (AvgIpc) is 2.86. The molecule has 0 amide bonds. The van der Waals surface area contributed by atoms with Crippen LogP contribution in [0, 0.1) is 0 Å². The summed E-state index contributed by atoms with van der Waals surface area (Å²) in [5.41, 5.74) is 0.640. The van der Waals surface area contributed by atoms with E-state index in [2.05, 4.69) is 16.9 Å². The van der Waals surface area contributed by atoms with Gasteiger partial charge in [-0.2, -0.15) is 0 Å². The number of ketones is 1. The second kappa shape index (κ2) is 6.47. The van der Waals surface area contributed by atoms with Gasteiger partial charge < -0.3 is 14.8 Å². The summed E-state index contributed by atoms with van der Waals surface area (Å²) in [6.45, 7) is 2.06. The summed E-state index contributed by atoms with van der Waals surface area (Å²) in [5, 5.41) is 2.91. The van der Waals surface area contributed by atoms with Crippen molar-refractivity contribution in [1.82, 2.24) is 5.32 Å². The number of fused-ring (bicyclic) bond motifs is 1. The van der Waals surface area contributed by atoms with Crippen molar-refractivity contribution < 1.29 is 14.3 Å². The number of halogens is 1. The van der Waals surface area contributed by atoms with Gasteiger partial charge in [-0.1, -0.05) is 0 Å². The molecule has 0 aliphatic carbocycles. The molecule has 4 nitrogen and oxygen atoms in total. The first kappa shape index (κ1) is 13.8. The summed E-state index contributed by atoms with van der Waals surface area (Å²) in [7, 11) is 1.76. The fourth-order valence-corrected chi connectivity index (χ4v) is 1.43. The zero-order valence-corrected chi connectivity index (χ0v) is 10.9. The Morgan fingerprint density at radius 3 is 2.65 bits per heavy atom. The number of carbonyl (C=O) groups is 1. The standard InChI is InChI=1S/C11H13NO3.CH3Cl/c1-7(12-2)11(13)8-3-4-9-10(5-8)15-6-14-9;1-2/h3-5,7,12H,6H2,1-2H3;1H3. The number of Topliss-reactive ketones (excluding diaryl/α,β-unsaturated/α-hetero) is 1. The Hall–Kier alpha value is -1.26. The Kier molecular flexibility index (Phi) is 5.25. The van der Waals surface area contributed by atoms with E-state index >= 15 is 0 Å². The van der Waals surface area contributed by atoms with Gasteiger partial charge in [-0.25, -0.2) is 0 Å². The molecule has 0 fully saturated rings. The lowest BCUT2D eigenvalue weighted by molar-refractivity contribution is 0.0954. The van der Waals surface area contributed by atoms with Crippen LogP contribution in [0.4, 0.5) is 0 Å². The third-order valence-corrected chi connectivity index (χ3v) is 2.48. The van der Waals surface area contributed by atoms with Crippen LogP contribution in [0.25, 0.3) is 0 Å². The fraction of sp³-hybridized carbons (Fsp3) is 0.417. The topological polar surface area (TPSA) is 47.6 Å². The number of hydrogen-bond donors (Lipinski definition) is 1. The van der Waals surface area contributed by atoms with Gasteiger partial charge in [0, 0.05) is 11.9 Å². The number of nitrogens with one attached hydrogen (secondary N) is 1. The Morgan fingerprint density at radius 2 is 2.00 bits per heavy atom. The zero-order chi connectivity index (χ0) is 12.8. The summed E-state index contributed by atoms with van der Waals surface area (Å²) in [5.74, 6) is 1.39. The van der Waals surface area contributed by atoms with E-state index in [9.17, 15) is 4.79 Å². The highest BCUT2D eigenvalue weighted by Gasteiger charge is 2.18. The van der Waals surface area contributed by atoms with Gasteiger partial charge >= 0.3 is 0 Å². The molecular formula is C12H16ClNO3. The van der Waals surface area contributed by atoms with E-state index in [1.165, 1.54) is 6.38 Å². The van der Waals surface area contributed by atoms with Crippen LogP contribution in [0.5, 0.6) is 11.5 Å². The highest BCUT2D eigenvalue weighted by Crippen LogP contribution is 2.32. The second-order valence-electron chi connectivity index (χ2n) is 3.44. The van der Waals surface area contributed by atoms with Crippen LogP contribution in [-0.2, 0) is 0 Å². The van der Waals surface area contributed by atoms with Crippen LogP contribution in [0.15, 0.2) is 18.2 Å². The van der Waals surface area contributed by atoms with Gasteiger partial charge in [0.1, 0.15) is 0 Å². The third-order valence-electron chi connectivity index (χ3n) is 2.48. The van der Waals surface area contributed by atoms with Crippen LogP contribution in [0.3, 0.4) is 0 Å². The van der Waals surface area contributed by atoms with E-state index in [1.807, 2.05) is 6.92 Å². The molecular weight excluding hydrogens is 242 g/mol. The van der Waals surface area contributed by atoms with Crippen LogP contribution in [0.1, 0.15) is 17.3 Å². The number of hydrogen-bond acceptors (Lipinski definition) is 4. The summed E-state index contributed by atoms with van der Waals surface area (Å²) < 4.78 is 10.4. The van der Waals surface area contributed by atoms with Gasteiger partial charge in [-0.05, 0) is 32.2 Å². The molecule has 1 aliphatic rings. The van der Waals surface area contributed by atoms with Crippen LogP contribution in [-0.4, -0.2) is 32.0 Å². The molecule has 0 radical (unpaired) electrons. The van der Waals surface area contributed by atoms with Crippen molar-refractivity contribution in [3.63, 3.8) is 0 Å². The quantitative estimate of drug-likeness (QED) is 0.665. The SMILES string of the molecule is CCl.CNC(C)C(=O)c1ccc2c(c1)OCO2. The first-order chi connectivity index (χ1) is 8.22. The molecule has 1 aromatic rings. The number of rotatable bonds is 3. The van der Waals surface area contributed by atoms with Crippen molar-refractivity contribution in [1.29, 1.82) is 0 Å². The van der Waals surface area contributed by atoms with Crippen LogP contribution < -0.4 is 14.8 Å². The van der Waals surface area contributed by atoms with Crippen molar-refractivity contribution in [2.24, 2.45) is 0 Å². The second-order valence-corrected chi connectivity index (χ2v) is 3.44. The number of alkyl halides is 1. The monoisotopic (exact) mass is 257 g/mol. The van der Waals surface area contributed by atoms with E-state index in [-0.39, 0.29) is 18.6 Å². The molecule has 0 saturated carbocycles. The highest BCUT2D eigenvalue weighted by atomic mass is 35.5. The summed E-state index contributed by atoms with van der Waals surface area (Å²) in [6, 6.07) is 5.05. The first-order valence-electron chi connectivity index (χ1n) is 5.21. The predicted octanol–water partition coefficient (Wildman–Crippen LogP) is 2.06. The Balaban J connectivity index is 0.000000686. The van der Waals surface area contributed by atoms with Gasteiger partial charge in [-0.3, -0.25) is 4.79 Å². The van der Waals surface area contributed by atoms with E-state index < -0.39 is 0 Å². The predicted molar refractivity (Wildman–Crippen MR) is 67.2 cm³/mol. The number of carbonyl (C=O) groups excluding carboxylic acids is 1. The third kappa shape index (κ3) is 3.11. The lowest BCUT2D eigenvalue weighted by Gasteiger charge is -2.09. The van der Waals surface area contributed by atoms with Crippen molar-refractivity contribution in [2.45, 2.75) is 13.0 Å². The largest absolute Gasteiger partial charge is 0.454 e. The van der Waals surface area contributed by atoms with E-state index in [0.29, 0.717) is 17.1 Å². The summed E-state index contributed by atoms with van der Waals surface area (Å²) in [4.78, 5) is 11.8. The van der Waals surface area contributed by atoms with Crippen LogP contribution >= 0.6 is 11.6 Å². The van der Waals surface area contributed by atoms with Gasteiger partial charge in [0.25, 0.3) is 0 Å². The number of benzene rings is 1. The van der Waals surface area contributed by atoms with Crippen molar-refractivity contribution in [2.75, 3.05) is 20.2 Å². The average molecular weight is 258 g/mol. The van der Waals surface area contributed by atoms with Crippen molar-refractivity contribution in [3.8, 4) is 11.5 Å². The maximum atomic E-state index is 11.8. The first-order valence-corrected chi connectivity index (χ1v) is 5.97. The number of likely N-dealkylation sites (N-methyl/N-ethyl adjacent to an activating group) is 1. The Labute approximate surface area is 106 Å². The Bertz CT molecular complexity index is 395. The molecule has 0 aromatic heterocycles. The molecule has 1 unspecified atom stereocenters. The zero-order valence-electron chi connectivity index (χ0n) is 10.1. The molecule has 94 valence electrons. The molecule has 0 spiro atoms. The van der Waals surface area contributed by atoms with E-state index in [0.717, 1.165) is 0 Å². The smallest absolute Gasteiger partial charge is 0.231 e. The molecule has 2 rings (SSSR count). The van der Waals surface area contributed by atoms with Gasteiger partial charge in [0.2, 0.25) is 6.79 Å². The maximum absolute atomic E-state index is 11.8. The molecule has 1 aliphatic heterocycles. The maximum Gasteiger partial charge on any atom is 0.231 e. The highest BCUT2D eigenvalue weighted by molar-refractivity contribution is 6.15. The van der Waals surface area contributed by atoms with Crippen molar-refractivity contribution >= 4 is 17.4 Å². The molecule has 0 bridgehead atoms. The normalized spacial score (nSPS) is 13.6. The molecule has 17 heavy (non-hydrogen) atoms. The van der Waals surface area contributed by atoms with Gasteiger partial charge in [0.15, 0.2) is 17.3 Å². The molecule has 5 heteroatoms. The molecule has 1 heterocycles. The van der Waals surface area contributed by atoms with Gasteiger partial charge in [-0.15, -0.1) is 11.6 Å². The number of ether oxygens (including phenoxy) is 2. The van der Waals surface area contributed by atoms with Gasteiger partial charge in [0.05, 0.1) is 6.04 Å². The lowest BCUT2D eigenvalue weighted by Crippen LogP contribution is -2.30. The molecule has 1 aromatic carbocycles. The summed E-state index contributed by atoms with van der Waals surface area (Å²) >= 11 is 4.64. The fourth-order valence-electron chi connectivity index (χ4n) is 1.43.